The van der Waals surface area contributed by atoms with Gasteiger partial charge >= 0.3 is 6.03 Å². The summed E-state index contributed by atoms with van der Waals surface area (Å²) in [4.78, 5) is 53.8. The van der Waals surface area contributed by atoms with E-state index in [-0.39, 0.29) is 42.1 Å². The number of carbonyl (C=O) groups is 4. The topological polar surface area (TPSA) is 130 Å². The van der Waals surface area contributed by atoms with Gasteiger partial charge in [-0.1, -0.05) is 32.0 Å². The van der Waals surface area contributed by atoms with E-state index in [2.05, 4.69) is 16.0 Å². The summed E-state index contributed by atoms with van der Waals surface area (Å²) in [6.45, 7) is 6.97. The van der Waals surface area contributed by atoms with Crippen LogP contribution >= 0.6 is 0 Å². The summed E-state index contributed by atoms with van der Waals surface area (Å²) in [6, 6.07) is 6.99. The summed E-state index contributed by atoms with van der Waals surface area (Å²) >= 11 is 0. The zero-order chi connectivity index (χ0) is 27.2. The van der Waals surface area contributed by atoms with Crippen molar-refractivity contribution in [2.45, 2.75) is 77.0 Å². The number of urea groups is 1. The van der Waals surface area contributed by atoms with Gasteiger partial charge in [-0.05, 0) is 57.1 Å². The number of rotatable bonds is 7. The smallest absolute Gasteiger partial charge is 0.318 e. The van der Waals surface area contributed by atoms with Crippen LogP contribution < -0.4 is 16.0 Å². The van der Waals surface area contributed by atoms with E-state index in [0.29, 0.717) is 38.1 Å². The molecule has 2 aromatic rings. The third-order valence-electron chi connectivity index (χ3n) is 7.22. The number of para-hydroxylation sites is 1. The fourth-order valence-corrected chi connectivity index (χ4v) is 4.98. The number of ketones is 1. The van der Waals surface area contributed by atoms with Crippen LogP contribution in [0.25, 0.3) is 11.0 Å². The second kappa shape index (κ2) is 12.4. The second-order valence-corrected chi connectivity index (χ2v) is 10.7. The van der Waals surface area contributed by atoms with Crippen LogP contribution in [-0.2, 0) is 14.3 Å². The fourth-order valence-electron chi connectivity index (χ4n) is 4.98. The minimum Gasteiger partial charge on any atom is -0.451 e. The van der Waals surface area contributed by atoms with Crippen LogP contribution in [0.1, 0.15) is 63.4 Å². The van der Waals surface area contributed by atoms with E-state index in [1.54, 1.807) is 17.0 Å². The van der Waals surface area contributed by atoms with Crippen molar-refractivity contribution in [3.8, 4) is 0 Å². The number of fused-ring (bicyclic) bond motifs is 1. The van der Waals surface area contributed by atoms with E-state index in [4.69, 9.17) is 9.15 Å². The molecule has 206 valence electrons. The van der Waals surface area contributed by atoms with Gasteiger partial charge in [0.05, 0.1) is 12.6 Å². The van der Waals surface area contributed by atoms with Crippen molar-refractivity contribution in [2.24, 2.45) is 5.92 Å². The van der Waals surface area contributed by atoms with E-state index in [1.807, 2.05) is 39.0 Å². The molecule has 0 saturated carbocycles. The Morgan fingerprint density at radius 2 is 1.79 bits per heavy atom. The van der Waals surface area contributed by atoms with E-state index < -0.39 is 23.9 Å². The molecule has 4 rings (SSSR count). The number of amides is 4. The minimum absolute atomic E-state index is 0.0319. The molecular weight excluding hydrogens is 488 g/mol. The average Bonchev–Trinajstić information content (AvgIpc) is 3.28. The molecule has 3 unspecified atom stereocenters. The van der Waals surface area contributed by atoms with Crippen molar-refractivity contribution >= 4 is 34.6 Å². The largest absolute Gasteiger partial charge is 0.451 e. The first-order valence-electron chi connectivity index (χ1n) is 13.5. The van der Waals surface area contributed by atoms with E-state index in [1.165, 1.54) is 0 Å². The highest BCUT2D eigenvalue weighted by Crippen LogP contribution is 2.20. The third kappa shape index (κ3) is 6.92. The number of furan rings is 1. The van der Waals surface area contributed by atoms with Crippen molar-refractivity contribution in [3.05, 3.63) is 36.1 Å². The molecule has 1 aromatic carbocycles. The van der Waals surface area contributed by atoms with Gasteiger partial charge in [0.15, 0.2) is 11.5 Å². The number of nitrogens with one attached hydrogen (secondary N) is 3. The number of nitrogens with zero attached hydrogens (tertiary/aromatic N) is 1. The molecule has 2 aliphatic rings. The Kier molecular flexibility index (Phi) is 9.04. The summed E-state index contributed by atoms with van der Waals surface area (Å²) < 4.78 is 11.0. The van der Waals surface area contributed by atoms with E-state index >= 15 is 0 Å². The molecule has 0 radical (unpaired) electrons. The van der Waals surface area contributed by atoms with Gasteiger partial charge in [-0.2, -0.15) is 0 Å². The lowest BCUT2D eigenvalue weighted by Crippen LogP contribution is -2.54. The van der Waals surface area contributed by atoms with Crippen molar-refractivity contribution in [3.63, 3.8) is 0 Å². The third-order valence-corrected chi connectivity index (χ3v) is 7.22. The van der Waals surface area contributed by atoms with Crippen molar-refractivity contribution in [2.75, 3.05) is 19.8 Å². The van der Waals surface area contributed by atoms with Crippen LogP contribution in [-0.4, -0.2) is 72.5 Å². The van der Waals surface area contributed by atoms with Crippen LogP contribution in [0, 0.1) is 5.92 Å². The van der Waals surface area contributed by atoms with E-state index in [9.17, 15) is 19.2 Å². The Bertz CT molecular complexity index is 1120. The van der Waals surface area contributed by atoms with Gasteiger partial charge in [0, 0.05) is 30.7 Å². The highest BCUT2D eigenvalue weighted by molar-refractivity contribution is 5.99. The summed E-state index contributed by atoms with van der Waals surface area (Å²) in [5, 5.41) is 9.45. The first-order valence-corrected chi connectivity index (χ1v) is 13.5. The molecule has 3 atom stereocenters. The zero-order valence-electron chi connectivity index (χ0n) is 22.3. The fraction of sp³-hybridized carbons (Fsp3) is 0.571. The molecule has 1 aromatic heterocycles. The maximum absolute atomic E-state index is 13.3. The van der Waals surface area contributed by atoms with Crippen molar-refractivity contribution < 1.29 is 28.3 Å². The van der Waals surface area contributed by atoms with Gasteiger partial charge in [0.2, 0.25) is 5.91 Å². The molecule has 3 N–H and O–H groups in total. The number of carbonyl (C=O) groups excluding carboxylic acids is 4. The Labute approximate surface area is 222 Å². The molecule has 0 spiro atoms. The Balaban J connectivity index is 1.38. The minimum atomic E-state index is -0.836. The first kappa shape index (κ1) is 27.6. The summed E-state index contributed by atoms with van der Waals surface area (Å²) in [7, 11) is 0. The highest BCUT2D eigenvalue weighted by atomic mass is 16.5. The van der Waals surface area contributed by atoms with Gasteiger partial charge in [-0.3, -0.25) is 14.4 Å². The monoisotopic (exact) mass is 526 g/mol. The number of ether oxygens (including phenoxy) is 1. The second-order valence-electron chi connectivity index (χ2n) is 10.7. The molecule has 38 heavy (non-hydrogen) atoms. The van der Waals surface area contributed by atoms with Gasteiger partial charge in [0.1, 0.15) is 11.6 Å². The van der Waals surface area contributed by atoms with Crippen LogP contribution in [0.2, 0.25) is 0 Å². The van der Waals surface area contributed by atoms with Crippen LogP contribution in [0.3, 0.4) is 0 Å². The molecule has 0 aliphatic carbocycles. The number of hydrogen-bond acceptors (Lipinski definition) is 6. The lowest BCUT2D eigenvalue weighted by molar-refractivity contribution is -0.129. The quantitative estimate of drug-likeness (QED) is 0.509. The Hall–Kier alpha value is -3.40. The lowest BCUT2D eigenvalue weighted by atomic mass is 10.0. The van der Waals surface area contributed by atoms with Crippen molar-refractivity contribution in [1.29, 1.82) is 0 Å². The molecule has 10 nitrogen and oxygen atoms in total. The molecule has 10 heteroatoms. The lowest BCUT2D eigenvalue weighted by Gasteiger charge is -2.30. The maximum Gasteiger partial charge on any atom is 0.318 e. The molecule has 2 fully saturated rings. The SMILES string of the molecule is CC(C)CC(NC(=O)c1cc2ccccc2o1)C(=O)NC1CCC(C)N(C(=O)NC2CCOCC2)CC1=O. The molecule has 4 amide bonds. The molecule has 2 aliphatic heterocycles. The predicted molar refractivity (Wildman–Crippen MR) is 142 cm³/mol. The van der Waals surface area contributed by atoms with Gasteiger partial charge in [-0.15, -0.1) is 0 Å². The molecule has 3 heterocycles. The maximum atomic E-state index is 13.3. The summed E-state index contributed by atoms with van der Waals surface area (Å²) in [6.07, 6.45) is 2.88. The number of likely N-dealkylation sites (tertiary alicyclic amines) is 1. The van der Waals surface area contributed by atoms with E-state index in [0.717, 1.165) is 18.2 Å². The highest BCUT2D eigenvalue weighted by Gasteiger charge is 2.34. The van der Waals surface area contributed by atoms with Gasteiger partial charge in [-0.25, -0.2) is 4.79 Å². The molecular formula is C28H38N4O6. The molecule has 2 saturated heterocycles. The number of hydrogen-bond donors (Lipinski definition) is 3. The Morgan fingerprint density at radius 3 is 2.50 bits per heavy atom. The first-order chi connectivity index (χ1) is 18.2. The average molecular weight is 527 g/mol. The van der Waals surface area contributed by atoms with Gasteiger partial charge in [0.25, 0.3) is 5.91 Å². The molecule has 0 bridgehead atoms. The standard InChI is InChI=1S/C28H38N4O6/c1-17(2)14-22(31-27(35)25-15-19-6-4-5-7-24(19)38-25)26(34)30-21-9-8-18(3)32(16-23(21)33)28(36)29-20-10-12-37-13-11-20/h4-7,15,17-18,20-22H,8-14,16H2,1-3H3,(H,29,36)(H,30,34)(H,31,35). The van der Waals surface area contributed by atoms with Crippen LogP contribution in [0.5, 0.6) is 0 Å². The number of Topliss-reactive ketones (excluding diaryl/α,β-unsaturated/α-hetero) is 1. The van der Waals surface area contributed by atoms with Gasteiger partial charge < -0.3 is 30.0 Å². The normalized spacial score (nSPS) is 21.7. The van der Waals surface area contributed by atoms with Crippen LogP contribution in [0.4, 0.5) is 4.79 Å². The number of benzene rings is 1. The van der Waals surface area contributed by atoms with Crippen LogP contribution in [0.15, 0.2) is 34.7 Å². The summed E-state index contributed by atoms with van der Waals surface area (Å²) in [5.41, 5.74) is 0.589. The Morgan fingerprint density at radius 1 is 1.05 bits per heavy atom. The summed E-state index contributed by atoms with van der Waals surface area (Å²) in [5.74, 6) is -0.890. The predicted octanol–water partition coefficient (Wildman–Crippen LogP) is 3.00. The zero-order valence-corrected chi connectivity index (χ0v) is 22.3. The van der Waals surface area contributed by atoms with Crippen molar-refractivity contribution in [1.82, 2.24) is 20.9 Å².